The molecule has 21 heavy (non-hydrogen) atoms. The fraction of sp³-hybridized carbons (Fsp3) is 0.353. The number of allylic oxidation sites excluding steroid dienone is 1. The number of fused-ring (bicyclic) bond motifs is 1. The molecule has 1 heterocycles. The Kier molecular flexibility index (Phi) is 3.66. The largest absolute Gasteiger partial charge is 0.465 e. The second-order valence-electron chi connectivity index (χ2n) is 5.40. The average molecular weight is 285 g/mol. The smallest absolute Gasteiger partial charge is 0.407 e. The molecule has 0 radical (unpaired) electrons. The van der Waals surface area contributed by atoms with Crippen molar-refractivity contribution in [2.24, 2.45) is 0 Å². The number of benzene rings is 1. The van der Waals surface area contributed by atoms with E-state index in [4.69, 9.17) is 0 Å². The van der Waals surface area contributed by atoms with Crippen LogP contribution in [0.15, 0.2) is 35.4 Å². The van der Waals surface area contributed by atoms with Crippen molar-refractivity contribution in [1.82, 2.24) is 4.90 Å². The van der Waals surface area contributed by atoms with Crippen molar-refractivity contribution < 1.29 is 14.3 Å². The summed E-state index contributed by atoms with van der Waals surface area (Å²) < 4.78 is 13.1. The summed E-state index contributed by atoms with van der Waals surface area (Å²) in [4.78, 5) is 12.7. The summed E-state index contributed by atoms with van der Waals surface area (Å²) >= 11 is 0. The van der Waals surface area contributed by atoms with Crippen LogP contribution in [0.3, 0.4) is 0 Å². The standard InChI is InChI=1S/C17H16FNO2/c18-14-5-1-3-12(11-14)7-8-13-4-2-6-16-15(13)9-10-19(16)17(20)21/h1,3,5,11,16H,2,4,6,9-10H2,(H,20,21). The minimum Gasteiger partial charge on any atom is -0.465 e. The second-order valence-corrected chi connectivity index (χ2v) is 5.40. The van der Waals surface area contributed by atoms with Gasteiger partial charge in [0.05, 0.1) is 6.04 Å². The van der Waals surface area contributed by atoms with Crippen LogP contribution in [0.2, 0.25) is 0 Å². The Bertz CT molecular complexity index is 669. The van der Waals surface area contributed by atoms with Crippen molar-refractivity contribution in [3.8, 4) is 11.8 Å². The number of hydrogen-bond acceptors (Lipinski definition) is 1. The van der Waals surface area contributed by atoms with Crippen molar-refractivity contribution in [3.05, 3.63) is 46.8 Å². The van der Waals surface area contributed by atoms with E-state index in [0.29, 0.717) is 12.1 Å². The van der Waals surface area contributed by atoms with E-state index in [-0.39, 0.29) is 11.9 Å². The van der Waals surface area contributed by atoms with Gasteiger partial charge in [0.1, 0.15) is 5.82 Å². The summed E-state index contributed by atoms with van der Waals surface area (Å²) in [6, 6.07) is 6.22. The molecule has 0 saturated carbocycles. The molecule has 0 spiro atoms. The molecule has 1 atom stereocenters. The van der Waals surface area contributed by atoms with Crippen LogP contribution in [0.1, 0.15) is 31.2 Å². The van der Waals surface area contributed by atoms with Gasteiger partial charge in [-0.3, -0.25) is 0 Å². The van der Waals surface area contributed by atoms with Crippen LogP contribution in [-0.4, -0.2) is 28.7 Å². The lowest BCUT2D eigenvalue weighted by Gasteiger charge is -2.26. The van der Waals surface area contributed by atoms with Gasteiger partial charge in [-0.15, -0.1) is 0 Å². The van der Waals surface area contributed by atoms with Gasteiger partial charge in [0, 0.05) is 17.7 Å². The highest BCUT2D eigenvalue weighted by Crippen LogP contribution is 2.35. The SMILES string of the molecule is O=C(O)N1CCC2=C(C#Cc3cccc(F)c3)CCCC21. The Labute approximate surface area is 123 Å². The predicted octanol–water partition coefficient (Wildman–Crippen LogP) is 3.41. The molecule has 1 unspecified atom stereocenters. The van der Waals surface area contributed by atoms with Gasteiger partial charge in [0.15, 0.2) is 0 Å². The summed E-state index contributed by atoms with van der Waals surface area (Å²) in [5.41, 5.74) is 2.85. The van der Waals surface area contributed by atoms with Crippen molar-refractivity contribution in [3.63, 3.8) is 0 Å². The molecular formula is C17H16FNO2. The van der Waals surface area contributed by atoms with E-state index < -0.39 is 6.09 Å². The topological polar surface area (TPSA) is 40.5 Å². The quantitative estimate of drug-likeness (QED) is 0.742. The van der Waals surface area contributed by atoms with Gasteiger partial charge in [-0.25, -0.2) is 9.18 Å². The first-order chi connectivity index (χ1) is 10.1. The zero-order chi connectivity index (χ0) is 14.8. The molecule has 0 bridgehead atoms. The lowest BCUT2D eigenvalue weighted by atomic mass is 9.88. The van der Waals surface area contributed by atoms with Gasteiger partial charge >= 0.3 is 6.09 Å². The number of rotatable bonds is 0. The molecule has 1 fully saturated rings. The fourth-order valence-corrected chi connectivity index (χ4v) is 3.15. The number of hydrogen-bond donors (Lipinski definition) is 1. The van der Waals surface area contributed by atoms with Crippen molar-refractivity contribution in [2.45, 2.75) is 31.7 Å². The molecule has 2 aliphatic rings. The number of likely N-dealkylation sites (tertiary alicyclic amines) is 1. The molecule has 108 valence electrons. The number of amides is 1. The Morgan fingerprint density at radius 2 is 2.19 bits per heavy atom. The maximum absolute atomic E-state index is 13.1. The summed E-state index contributed by atoms with van der Waals surface area (Å²) in [5.74, 6) is 5.84. The second kappa shape index (κ2) is 5.61. The minimum absolute atomic E-state index is 0.00643. The Morgan fingerprint density at radius 1 is 1.33 bits per heavy atom. The first kappa shape index (κ1) is 13.7. The van der Waals surface area contributed by atoms with E-state index in [9.17, 15) is 14.3 Å². The van der Waals surface area contributed by atoms with E-state index in [1.807, 2.05) is 0 Å². The molecule has 3 rings (SSSR count). The molecule has 1 saturated heterocycles. The molecule has 1 aromatic rings. The van der Waals surface area contributed by atoms with Crippen LogP contribution in [0.5, 0.6) is 0 Å². The monoisotopic (exact) mass is 285 g/mol. The molecular weight excluding hydrogens is 269 g/mol. The van der Waals surface area contributed by atoms with Crippen LogP contribution in [0.25, 0.3) is 0 Å². The number of carbonyl (C=O) groups is 1. The molecule has 4 heteroatoms. The lowest BCUT2D eigenvalue weighted by molar-refractivity contribution is 0.140. The zero-order valence-corrected chi connectivity index (χ0v) is 11.6. The van der Waals surface area contributed by atoms with Crippen LogP contribution in [-0.2, 0) is 0 Å². The normalized spacial score (nSPS) is 20.8. The third-order valence-corrected chi connectivity index (χ3v) is 4.12. The molecule has 3 nitrogen and oxygen atoms in total. The summed E-state index contributed by atoms with van der Waals surface area (Å²) in [7, 11) is 0. The van der Waals surface area contributed by atoms with Crippen LogP contribution >= 0.6 is 0 Å². The van der Waals surface area contributed by atoms with Crippen LogP contribution in [0.4, 0.5) is 9.18 Å². The van der Waals surface area contributed by atoms with Crippen molar-refractivity contribution >= 4 is 6.09 Å². The Morgan fingerprint density at radius 3 is 2.95 bits per heavy atom. The van der Waals surface area contributed by atoms with E-state index in [1.54, 1.807) is 12.1 Å². The molecule has 1 aliphatic heterocycles. The fourth-order valence-electron chi connectivity index (χ4n) is 3.15. The van der Waals surface area contributed by atoms with E-state index in [1.165, 1.54) is 17.0 Å². The van der Waals surface area contributed by atoms with Gasteiger partial charge in [-0.2, -0.15) is 0 Å². The number of nitrogens with zero attached hydrogens (tertiary/aromatic N) is 1. The molecule has 1 aromatic carbocycles. The maximum atomic E-state index is 13.1. The lowest BCUT2D eigenvalue weighted by Crippen LogP contribution is -2.36. The third kappa shape index (κ3) is 2.78. The van der Waals surface area contributed by atoms with E-state index in [0.717, 1.165) is 36.8 Å². The first-order valence-electron chi connectivity index (χ1n) is 7.14. The highest BCUT2D eigenvalue weighted by molar-refractivity contribution is 5.67. The predicted molar refractivity (Wildman–Crippen MR) is 77.3 cm³/mol. The van der Waals surface area contributed by atoms with Gasteiger partial charge in [0.25, 0.3) is 0 Å². The summed E-state index contributed by atoms with van der Waals surface area (Å²) in [6.45, 7) is 0.556. The van der Waals surface area contributed by atoms with Gasteiger partial charge in [-0.1, -0.05) is 17.9 Å². The van der Waals surface area contributed by atoms with E-state index in [2.05, 4.69) is 11.8 Å². The first-order valence-corrected chi connectivity index (χ1v) is 7.14. The van der Waals surface area contributed by atoms with Crippen molar-refractivity contribution in [1.29, 1.82) is 0 Å². The van der Waals surface area contributed by atoms with Crippen LogP contribution in [0, 0.1) is 17.7 Å². The van der Waals surface area contributed by atoms with Crippen LogP contribution < -0.4 is 0 Å². The van der Waals surface area contributed by atoms with Crippen molar-refractivity contribution in [2.75, 3.05) is 6.54 Å². The number of halogens is 1. The summed E-state index contributed by atoms with van der Waals surface area (Å²) in [5, 5.41) is 9.20. The average Bonchev–Trinajstić information content (AvgIpc) is 2.90. The minimum atomic E-state index is -0.852. The third-order valence-electron chi connectivity index (χ3n) is 4.12. The highest BCUT2D eigenvalue weighted by Gasteiger charge is 2.35. The Balaban J connectivity index is 1.89. The van der Waals surface area contributed by atoms with E-state index >= 15 is 0 Å². The molecule has 1 N–H and O–H groups in total. The maximum Gasteiger partial charge on any atom is 0.407 e. The van der Waals surface area contributed by atoms with Gasteiger partial charge in [0.2, 0.25) is 0 Å². The molecule has 1 amide bonds. The Hall–Kier alpha value is -2.28. The molecule has 0 aromatic heterocycles. The number of carboxylic acid groups (broad SMARTS) is 1. The highest BCUT2D eigenvalue weighted by atomic mass is 19.1. The van der Waals surface area contributed by atoms with Gasteiger partial charge in [-0.05, 0) is 49.5 Å². The molecule has 1 aliphatic carbocycles. The summed E-state index contributed by atoms with van der Waals surface area (Å²) in [6.07, 6.45) is 2.64. The zero-order valence-electron chi connectivity index (χ0n) is 11.6. The van der Waals surface area contributed by atoms with Gasteiger partial charge < -0.3 is 10.0 Å².